The quantitative estimate of drug-likeness (QED) is 0.622. The van der Waals surface area contributed by atoms with Crippen LogP contribution in [0, 0.1) is 17.3 Å². The van der Waals surface area contributed by atoms with Crippen molar-refractivity contribution in [2.24, 2.45) is 23.0 Å². The van der Waals surface area contributed by atoms with Gasteiger partial charge >= 0.3 is 5.97 Å². The van der Waals surface area contributed by atoms with Crippen molar-refractivity contribution in [2.75, 3.05) is 5.32 Å². The van der Waals surface area contributed by atoms with Crippen LogP contribution < -0.4 is 11.1 Å². The molecule has 0 aliphatic heterocycles. The Balaban J connectivity index is 2.20. The topological polar surface area (TPSA) is 109 Å². The molecule has 0 unspecified atom stereocenters. The van der Waals surface area contributed by atoms with Crippen molar-refractivity contribution in [3.05, 3.63) is 16.0 Å². The molecule has 1 aliphatic rings. The van der Waals surface area contributed by atoms with Gasteiger partial charge in [-0.15, -0.1) is 11.3 Å². The Bertz CT molecular complexity index is 739. The molecule has 2 amide bonds. The highest BCUT2D eigenvalue weighted by Crippen LogP contribution is 2.45. The molecule has 0 fully saturated rings. The maximum Gasteiger partial charge on any atom is 0.303 e. The molecule has 0 saturated heterocycles. The summed E-state index contributed by atoms with van der Waals surface area (Å²) in [5.41, 5.74) is 7.25. The lowest BCUT2D eigenvalue weighted by molar-refractivity contribution is -0.138. The summed E-state index contributed by atoms with van der Waals surface area (Å²) < 4.78 is 0. The van der Waals surface area contributed by atoms with Crippen LogP contribution in [0.15, 0.2) is 0 Å². The number of carboxylic acids is 1. The van der Waals surface area contributed by atoms with Crippen LogP contribution in [0.4, 0.5) is 5.00 Å². The molecule has 150 valence electrons. The molecule has 0 spiro atoms. The monoisotopic (exact) mass is 394 g/mol. The van der Waals surface area contributed by atoms with E-state index in [1.54, 1.807) is 6.92 Å². The molecule has 0 aromatic carbocycles. The van der Waals surface area contributed by atoms with E-state index in [-0.39, 0.29) is 30.1 Å². The second kappa shape index (κ2) is 8.42. The Morgan fingerprint density at radius 1 is 1.33 bits per heavy atom. The number of fused-ring (bicyclic) bond motifs is 1. The molecule has 1 heterocycles. The first kappa shape index (κ1) is 21.4. The Morgan fingerprint density at radius 2 is 2.00 bits per heavy atom. The molecule has 0 saturated carbocycles. The molecule has 2 rings (SSSR count). The van der Waals surface area contributed by atoms with E-state index in [9.17, 15) is 14.4 Å². The second-order valence-corrected chi connectivity index (χ2v) is 9.41. The zero-order valence-corrected chi connectivity index (χ0v) is 17.4. The number of carbonyl (C=O) groups is 3. The summed E-state index contributed by atoms with van der Waals surface area (Å²) in [6.45, 7) is 8.47. The van der Waals surface area contributed by atoms with E-state index in [0.29, 0.717) is 16.5 Å². The van der Waals surface area contributed by atoms with Crippen molar-refractivity contribution < 1.29 is 19.5 Å². The summed E-state index contributed by atoms with van der Waals surface area (Å²) in [6.07, 6.45) is 3.82. The average molecular weight is 395 g/mol. The van der Waals surface area contributed by atoms with E-state index in [1.165, 1.54) is 11.3 Å². The number of aliphatic carboxylic acids is 1. The smallest absolute Gasteiger partial charge is 0.303 e. The third kappa shape index (κ3) is 5.09. The Morgan fingerprint density at radius 3 is 2.56 bits per heavy atom. The van der Waals surface area contributed by atoms with Gasteiger partial charge in [-0.05, 0) is 42.1 Å². The van der Waals surface area contributed by atoms with Crippen LogP contribution in [-0.4, -0.2) is 22.9 Å². The summed E-state index contributed by atoms with van der Waals surface area (Å²) in [5.74, 6) is -1.47. The molecular formula is C20H30N2O4S. The minimum Gasteiger partial charge on any atom is -0.481 e. The van der Waals surface area contributed by atoms with Gasteiger partial charge in [-0.1, -0.05) is 34.1 Å². The largest absolute Gasteiger partial charge is 0.481 e. The number of nitrogens with one attached hydrogen (secondary N) is 1. The predicted molar refractivity (Wildman–Crippen MR) is 107 cm³/mol. The lowest BCUT2D eigenvalue weighted by Crippen LogP contribution is -2.29. The Hall–Kier alpha value is -1.89. The fourth-order valence-electron chi connectivity index (χ4n) is 3.75. The highest BCUT2D eigenvalue weighted by atomic mass is 32.1. The number of nitrogens with two attached hydrogens (primary N) is 1. The molecule has 1 aromatic rings. The van der Waals surface area contributed by atoms with Crippen LogP contribution >= 0.6 is 11.3 Å². The third-order valence-corrected chi connectivity index (χ3v) is 7.01. The minimum atomic E-state index is -0.927. The van der Waals surface area contributed by atoms with Gasteiger partial charge < -0.3 is 16.2 Å². The van der Waals surface area contributed by atoms with E-state index >= 15 is 0 Å². The molecule has 0 bridgehead atoms. The summed E-state index contributed by atoms with van der Waals surface area (Å²) in [5, 5.41) is 12.1. The maximum atomic E-state index is 12.3. The van der Waals surface area contributed by atoms with Crippen LogP contribution in [0.3, 0.4) is 0 Å². The van der Waals surface area contributed by atoms with Gasteiger partial charge in [-0.2, -0.15) is 0 Å². The Labute approximate surface area is 164 Å². The molecule has 1 aromatic heterocycles. The number of primary amides is 1. The number of hydrogen-bond acceptors (Lipinski definition) is 4. The van der Waals surface area contributed by atoms with Gasteiger partial charge in [0.25, 0.3) is 5.91 Å². The molecule has 1 aliphatic carbocycles. The zero-order chi connectivity index (χ0) is 20.4. The van der Waals surface area contributed by atoms with Crippen LogP contribution in [0.1, 0.15) is 74.2 Å². The van der Waals surface area contributed by atoms with Crippen LogP contribution in [0.2, 0.25) is 0 Å². The number of carbonyl (C=O) groups excluding carboxylic acids is 2. The number of anilines is 1. The van der Waals surface area contributed by atoms with Crippen molar-refractivity contribution in [3.63, 3.8) is 0 Å². The van der Waals surface area contributed by atoms with Crippen LogP contribution in [0.25, 0.3) is 0 Å². The second-order valence-electron chi connectivity index (χ2n) is 8.31. The SMILES string of the molecule is CCC(C)(C)[C@H]1CCc2c(sc(NC(=O)C[C@H](C)CC(=O)O)c2C(N)=O)C1. The van der Waals surface area contributed by atoms with Gasteiger partial charge in [0.1, 0.15) is 5.00 Å². The standard InChI is InChI=1S/C20H30N2O4S/c1-5-20(3,4)12-6-7-13-14(10-12)27-19(17(13)18(21)26)22-15(23)8-11(2)9-16(24)25/h11-12H,5-10H2,1-4H3,(H2,21,26)(H,22,23)(H,24,25)/t11-,12-/m0/s1. The number of amides is 2. The van der Waals surface area contributed by atoms with Gasteiger partial charge in [-0.3, -0.25) is 14.4 Å². The van der Waals surface area contributed by atoms with Crippen LogP contribution in [0.5, 0.6) is 0 Å². The van der Waals surface area contributed by atoms with E-state index in [0.717, 1.165) is 36.1 Å². The fourth-order valence-corrected chi connectivity index (χ4v) is 5.10. The van der Waals surface area contributed by atoms with Gasteiger partial charge in [0.2, 0.25) is 5.91 Å². The van der Waals surface area contributed by atoms with Crippen molar-refractivity contribution >= 4 is 34.1 Å². The highest BCUT2D eigenvalue weighted by Gasteiger charge is 2.35. The van der Waals surface area contributed by atoms with Crippen molar-refractivity contribution in [2.45, 2.75) is 66.2 Å². The summed E-state index contributed by atoms with van der Waals surface area (Å²) in [7, 11) is 0. The van der Waals surface area contributed by atoms with Crippen molar-refractivity contribution in [3.8, 4) is 0 Å². The predicted octanol–water partition coefficient (Wildman–Crippen LogP) is 3.83. The van der Waals surface area contributed by atoms with Gasteiger partial charge in [0.15, 0.2) is 0 Å². The van der Waals surface area contributed by atoms with Gasteiger partial charge in [0.05, 0.1) is 5.56 Å². The normalized spacial score (nSPS) is 17.9. The van der Waals surface area contributed by atoms with E-state index < -0.39 is 11.9 Å². The molecule has 7 heteroatoms. The first-order valence-electron chi connectivity index (χ1n) is 9.51. The van der Waals surface area contributed by atoms with Crippen molar-refractivity contribution in [1.29, 1.82) is 0 Å². The number of thiophene rings is 1. The minimum absolute atomic E-state index is 0.0647. The zero-order valence-electron chi connectivity index (χ0n) is 16.6. The molecule has 27 heavy (non-hydrogen) atoms. The summed E-state index contributed by atoms with van der Waals surface area (Å²) in [4.78, 5) is 36.3. The molecular weight excluding hydrogens is 364 g/mol. The van der Waals surface area contributed by atoms with Gasteiger partial charge in [0, 0.05) is 17.7 Å². The van der Waals surface area contributed by atoms with Crippen molar-refractivity contribution in [1.82, 2.24) is 0 Å². The first-order valence-corrected chi connectivity index (χ1v) is 10.3. The van der Waals surface area contributed by atoms with Gasteiger partial charge in [-0.25, -0.2) is 0 Å². The molecule has 6 nitrogen and oxygen atoms in total. The molecule has 4 N–H and O–H groups in total. The fraction of sp³-hybridized carbons (Fsp3) is 0.650. The van der Waals surface area contributed by atoms with Crippen LogP contribution in [-0.2, 0) is 22.4 Å². The maximum absolute atomic E-state index is 12.3. The number of rotatable bonds is 8. The van der Waals surface area contributed by atoms with E-state index in [2.05, 4.69) is 26.1 Å². The lowest BCUT2D eigenvalue weighted by Gasteiger charge is -2.36. The number of carboxylic acid groups (broad SMARTS) is 1. The summed E-state index contributed by atoms with van der Waals surface area (Å²) in [6, 6.07) is 0. The summed E-state index contributed by atoms with van der Waals surface area (Å²) >= 11 is 1.44. The molecule has 0 radical (unpaired) electrons. The lowest BCUT2D eigenvalue weighted by atomic mass is 9.69. The van der Waals surface area contributed by atoms with E-state index in [1.807, 2.05) is 0 Å². The molecule has 2 atom stereocenters. The highest BCUT2D eigenvalue weighted by molar-refractivity contribution is 7.17. The number of hydrogen-bond donors (Lipinski definition) is 3. The third-order valence-electron chi connectivity index (χ3n) is 5.84. The Kier molecular flexibility index (Phi) is 6.68. The first-order chi connectivity index (χ1) is 12.5. The average Bonchev–Trinajstić information content (AvgIpc) is 2.90. The van der Waals surface area contributed by atoms with E-state index in [4.69, 9.17) is 10.8 Å².